The number of pyridine rings is 1. The Hall–Kier alpha value is -6.06. The van der Waals surface area contributed by atoms with Crippen molar-refractivity contribution in [3.05, 3.63) is 207 Å². The number of allylic oxidation sites excluding steroid dienone is 1. The van der Waals surface area contributed by atoms with Crippen LogP contribution >= 0.6 is 0 Å². The van der Waals surface area contributed by atoms with Gasteiger partial charge in [0, 0.05) is 35.7 Å². The number of phenols is 1. The van der Waals surface area contributed by atoms with Gasteiger partial charge in [-0.05, 0) is 111 Å². The maximum absolute atomic E-state index is 12.5. The minimum atomic E-state index is -0.0515. The highest BCUT2D eigenvalue weighted by Crippen LogP contribution is 2.43. The molecule has 56 heavy (non-hydrogen) atoms. The van der Waals surface area contributed by atoms with E-state index in [0.29, 0.717) is 18.3 Å². The molecule has 1 aromatic heterocycles. The van der Waals surface area contributed by atoms with Gasteiger partial charge in [-0.25, -0.2) is 0 Å². The molecule has 278 valence electrons. The van der Waals surface area contributed by atoms with Crippen LogP contribution in [-0.4, -0.2) is 15.8 Å². The minimum Gasteiger partial charge on any atom is -0.507 e. The number of fused-ring (bicyclic) bond motifs is 1. The second kappa shape index (κ2) is 15.6. The Labute approximate surface area is 332 Å². The van der Waals surface area contributed by atoms with Crippen molar-refractivity contribution in [1.29, 1.82) is 0 Å². The van der Waals surface area contributed by atoms with Gasteiger partial charge in [0.15, 0.2) is 0 Å². The van der Waals surface area contributed by atoms with Crippen LogP contribution < -0.4 is 0 Å². The highest BCUT2D eigenvalue weighted by molar-refractivity contribution is 6.12. The molecule has 3 heteroatoms. The summed E-state index contributed by atoms with van der Waals surface area (Å²) in [6, 6.07) is 45.7. The van der Waals surface area contributed by atoms with Crippen molar-refractivity contribution in [3.8, 4) is 16.9 Å². The van der Waals surface area contributed by atoms with E-state index in [4.69, 9.17) is 4.99 Å². The molecule has 1 N–H and O–H groups in total. The molecular weight excluding hydrogens is 681 g/mol. The predicted octanol–water partition coefficient (Wildman–Crippen LogP) is 13.3. The van der Waals surface area contributed by atoms with E-state index in [1.54, 1.807) is 0 Å². The Morgan fingerprint density at radius 3 is 1.86 bits per heavy atom. The fourth-order valence-corrected chi connectivity index (χ4v) is 8.25. The van der Waals surface area contributed by atoms with Crippen LogP contribution in [0, 0.1) is 13.8 Å². The summed E-state index contributed by atoms with van der Waals surface area (Å²) >= 11 is 0. The van der Waals surface area contributed by atoms with E-state index in [1.807, 2.05) is 18.5 Å². The number of hydrogen-bond acceptors (Lipinski definition) is 3. The van der Waals surface area contributed by atoms with Gasteiger partial charge in [-0.3, -0.25) is 9.98 Å². The van der Waals surface area contributed by atoms with E-state index in [2.05, 4.69) is 174 Å². The Morgan fingerprint density at radius 2 is 1.18 bits per heavy atom. The number of nitrogens with zero attached hydrogens (tertiary/aromatic N) is 2. The fraction of sp³-hybridized carbons (Fsp3) is 0.208. The first-order valence-electron chi connectivity index (χ1n) is 19.9. The molecule has 6 aromatic carbocycles. The van der Waals surface area contributed by atoms with Crippen molar-refractivity contribution in [2.75, 3.05) is 0 Å². The van der Waals surface area contributed by atoms with Gasteiger partial charge >= 0.3 is 0 Å². The molecule has 0 amide bonds. The molecule has 0 bridgehead atoms. The first-order valence-corrected chi connectivity index (χ1v) is 19.9. The molecule has 0 aliphatic carbocycles. The lowest BCUT2D eigenvalue weighted by atomic mass is 9.87. The molecule has 0 saturated heterocycles. The number of aryl methyl sites for hydroxylation is 2. The van der Waals surface area contributed by atoms with Gasteiger partial charge in [0.05, 0.1) is 11.4 Å². The maximum atomic E-state index is 12.5. The summed E-state index contributed by atoms with van der Waals surface area (Å²) in [4.78, 5) is 9.98. The topological polar surface area (TPSA) is 45.5 Å². The maximum Gasteiger partial charge on any atom is 0.128 e. The van der Waals surface area contributed by atoms with Crippen molar-refractivity contribution in [2.24, 2.45) is 4.99 Å². The molecule has 1 atom stereocenters. The number of phenolic OH excluding ortho intramolecular Hbond substituents is 1. The van der Waals surface area contributed by atoms with Gasteiger partial charge in [0.25, 0.3) is 0 Å². The van der Waals surface area contributed by atoms with Crippen molar-refractivity contribution in [3.63, 3.8) is 0 Å². The molecule has 1 aliphatic rings. The number of rotatable bonds is 10. The van der Waals surface area contributed by atoms with E-state index < -0.39 is 0 Å². The summed E-state index contributed by atoms with van der Waals surface area (Å²) in [5, 5.41) is 14.8. The summed E-state index contributed by atoms with van der Waals surface area (Å²) in [6.07, 6.45) is 7.50. The smallest absolute Gasteiger partial charge is 0.128 e. The van der Waals surface area contributed by atoms with Crippen LogP contribution in [0.15, 0.2) is 151 Å². The van der Waals surface area contributed by atoms with Crippen molar-refractivity contribution < 1.29 is 5.11 Å². The molecular formula is C53H50N2O. The Balaban J connectivity index is 1.30. The van der Waals surface area contributed by atoms with E-state index in [9.17, 15) is 5.11 Å². The normalized spacial score (nSPS) is 14.1. The SMILES string of the molecule is Cc1cc(C)cc(C2C=C(c3cc(-c4cc(C(C)C)cc(C(C)C)c4)cc(Cc4ccccc4Cc4cncc5ccccc45)c3O)N=C2c2ccccc2)c1. The number of aromatic nitrogens is 1. The minimum absolute atomic E-state index is 0.0515. The molecule has 1 unspecified atom stereocenters. The van der Waals surface area contributed by atoms with Crippen LogP contribution in [0.2, 0.25) is 0 Å². The molecule has 8 rings (SSSR count). The van der Waals surface area contributed by atoms with Gasteiger partial charge in [-0.15, -0.1) is 0 Å². The molecule has 0 fully saturated rings. The third-order valence-corrected chi connectivity index (χ3v) is 11.3. The number of hydrogen-bond donors (Lipinski definition) is 1. The van der Waals surface area contributed by atoms with Gasteiger partial charge in [-0.1, -0.05) is 154 Å². The molecule has 3 nitrogen and oxygen atoms in total. The van der Waals surface area contributed by atoms with E-state index >= 15 is 0 Å². The molecule has 1 aliphatic heterocycles. The summed E-state index contributed by atoms with van der Waals surface area (Å²) in [5.41, 5.74) is 16.7. The standard InChI is InChI=1S/C53H50N2O/c1-33(2)41-25-42(34(3)4)27-43(26-41)44-28-46(23-38-16-10-11-17-39(38)24-47-32-54-31-40-18-12-13-19-48(40)47)53(56)50(29-44)51-30-49(45-21-35(5)20-36(6)22-45)52(55-51)37-14-8-7-9-15-37/h7-22,25-34,49,56H,23-24H2,1-6H3. The predicted molar refractivity (Wildman–Crippen MR) is 235 cm³/mol. The number of benzene rings is 6. The zero-order chi connectivity index (χ0) is 38.9. The van der Waals surface area contributed by atoms with Crippen LogP contribution in [0.5, 0.6) is 5.75 Å². The second-order valence-electron chi connectivity index (χ2n) is 16.2. The molecule has 0 spiro atoms. The zero-order valence-corrected chi connectivity index (χ0v) is 33.3. The number of aliphatic imine (C=N–C) groups is 1. The van der Waals surface area contributed by atoms with Gasteiger partial charge in [0.2, 0.25) is 0 Å². The van der Waals surface area contributed by atoms with Crippen molar-refractivity contribution in [1.82, 2.24) is 4.98 Å². The quantitative estimate of drug-likeness (QED) is 0.152. The summed E-state index contributed by atoms with van der Waals surface area (Å²) in [5.74, 6) is 0.994. The van der Waals surface area contributed by atoms with Crippen LogP contribution in [-0.2, 0) is 12.8 Å². The third-order valence-electron chi connectivity index (χ3n) is 11.3. The van der Waals surface area contributed by atoms with E-state index in [-0.39, 0.29) is 11.7 Å². The van der Waals surface area contributed by atoms with E-state index in [0.717, 1.165) is 51.0 Å². The largest absolute Gasteiger partial charge is 0.507 e. The number of aromatic hydroxyl groups is 1. The Bertz CT molecular complexity index is 2580. The molecule has 7 aromatic rings. The second-order valence-corrected chi connectivity index (χ2v) is 16.2. The van der Waals surface area contributed by atoms with Crippen LogP contribution in [0.3, 0.4) is 0 Å². The first-order chi connectivity index (χ1) is 27.1. The highest BCUT2D eigenvalue weighted by atomic mass is 16.3. The fourth-order valence-electron chi connectivity index (χ4n) is 8.25. The average molecular weight is 731 g/mol. The lowest BCUT2D eigenvalue weighted by Gasteiger charge is -2.18. The lowest BCUT2D eigenvalue weighted by molar-refractivity contribution is 0.467. The Morgan fingerprint density at radius 1 is 0.571 bits per heavy atom. The van der Waals surface area contributed by atoms with Crippen molar-refractivity contribution in [2.45, 2.75) is 72.1 Å². The van der Waals surface area contributed by atoms with Crippen molar-refractivity contribution >= 4 is 22.2 Å². The average Bonchev–Trinajstić information content (AvgIpc) is 3.65. The zero-order valence-electron chi connectivity index (χ0n) is 33.3. The first kappa shape index (κ1) is 36.9. The highest BCUT2D eigenvalue weighted by Gasteiger charge is 2.28. The third kappa shape index (κ3) is 7.59. The van der Waals surface area contributed by atoms with Gasteiger partial charge in [0.1, 0.15) is 5.75 Å². The summed E-state index contributed by atoms with van der Waals surface area (Å²) in [6.45, 7) is 13.3. The molecule has 0 radical (unpaired) electrons. The van der Waals surface area contributed by atoms with Crippen LogP contribution in [0.25, 0.3) is 27.6 Å². The summed E-state index contributed by atoms with van der Waals surface area (Å²) < 4.78 is 0. The molecule has 0 saturated carbocycles. The van der Waals surface area contributed by atoms with Gasteiger partial charge < -0.3 is 5.11 Å². The lowest BCUT2D eigenvalue weighted by Crippen LogP contribution is -2.09. The summed E-state index contributed by atoms with van der Waals surface area (Å²) in [7, 11) is 0. The van der Waals surface area contributed by atoms with Gasteiger partial charge in [-0.2, -0.15) is 0 Å². The molecule has 2 heterocycles. The van der Waals surface area contributed by atoms with Crippen LogP contribution in [0.1, 0.15) is 107 Å². The van der Waals surface area contributed by atoms with E-state index in [1.165, 1.54) is 49.9 Å². The Kier molecular flexibility index (Phi) is 10.3. The van der Waals surface area contributed by atoms with Crippen LogP contribution in [0.4, 0.5) is 0 Å². The monoisotopic (exact) mass is 730 g/mol.